The van der Waals surface area contributed by atoms with Gasteiger partial charge in [-0.25, -0.2) is 0 Å². The van der Waals surface area contributed by atoms with Crippen LogP contribution in [0.2, 0.25) is 0 Å². The minimum Gasteiger partial charge on any atom is -0.465 e. The van der Waals surface area contributed by atoms with Crippen LogP contribution in [0.4, 0.5) is 0 Å². The van der Waals surface area contributed by atoms with Crippen LogP contribution in [0, 0.1) is 11.3 Å². The molecule has 1 unspecified atom stereocenters. The van der Waals surface area contributed by atoms with Crippen LogP contribution in [0.1, 0.15) is 150 Å². The molecular weight excluding hydrogens is 524 g/mol. The highest BCUT2D eigenvalue weighted by molar-refractivity contribution is 5.72. The molecule has 0 fully saturated rings. The van der Waals surface area contributed by atoms with Gasteiger partial charge in [0.15, 0.2) is 0 Å². The van der Waals surface area contributed by atoms with Gasteiger partial charge in [-0.2, -0.15) is 0 Å². The second-order valence-corrected chi connectivity index (χ2v) is 11.8. The molecule has 0 aromatic carbocycles. The number of rotatable bonds is 27. The Morgan fingerprint density at radius 1 is 0.488 bits per heavy atom. The molecule has 0 aliphatic carbocycles. The molecule has 0 rings (SSSR count). The van der Waals surface area contributed by atoms with Gasteiger partial charge in [-0.1, -0.05) is 123 Å². The summed E-state index contributed by atoms with van der Waals surface area (Å²) in [7, 11) is 0. The minimum atomic E-state index is -1.17. The van der Waals surface area contributed by atoms with Gasteiger partial charge in [0.1, 0.15) is 31.8 Å². The van der Waals surface area contributed by atoms with E-state index in [1.165, 1.54) is 117 Å². The van der Waals surface area contributed by atoms with Gasteiger partial charge in [0.25, 0.3) is 0 Å². The Kier molecular flexibility index (Phi) is 24.3. The van der Waals surface area contributed by atoms with Crippen molar-refractivity contribution in [2.24, 2.45) is 11.3 Å². The first-order chi connectivity index (χ1) is 19.6. The van der Waals surface area contributed by atoms with Crippen molar-refractivity contribution in [3.8, 4) is 0 Å². The average Bonchev–Trinajstić information content (AvgIpc) is 2.93. The maximum atomic E-state index is 12.7. The highest BCUT2D eigenvalue weighted by atomic mass is 16.6. The molecule has 240 valence electrons. The molecule has 0 N–H and O–H groups in total. The first kappa shape index (κ1) is 38.9. The molecule has 0 radical (unpaired) electrons. The summed E-state index contributed by atoms with van der Waals surface area (Å²) in [5.41, 5.74) is -1.17. The molecule has 0 aliphatic heterocycles. The second-order valence-electron chi connectivity index (χ2n) is 11.8. The fourth-order valence-electron chi connectivity index (χ4n) is 4.67. The van der Waals surface area contributed by atoms with Crippen LogP contribution >= 0.6 is 0 Å². The Morgan fingerprint density at radius 2 is 0.780 bits per heavy atom. The average molecular weight is 585 g/mol. The third-order valence-corrected chi connectivity index (χ3v) is 7.41. The van der Waals surface area contributed by atoms with Crippen LogP contribution in [0.25, 0.3) is 0 Å². The molecule has 0 aromatic heterocycles. The van der Waals surface area contributed by atoms with E-state index in [0.717, 1.165) is 19.3 Å². The number of hydrogen-bond acceptors (Lipinski definition) is 8. The topological polar surface area (TPSA) is 105 Å². The van der Waals surface area contributed by atoms with Gasteiger partial charge in [0, 0.05) is 20.8 Å². The van der Waals surface area contributed by atoms with Crippen LogP contribution in [0.15, 0.2) is 0 Å². The predicted molar refractivity (Wildman–Crippen MR) is 161 cm³/mol. The molecule has 0 amide bonds. The van der Waals surface area contributed by atoms with Crippen molar-refractivity contribution >= 4 is 23.9 Å². The van der Waals surface area contributed by atoms with Gasteiger partial charge in [-0.3, -0.25) is 19.2 Å². The lowest BCUT2D eigenvalue weighted by Crippen LogP contribution is -2.44. The standard InChI is InChI=1S/C33H60O8/c1-6-7-8-9-10-11-12-13-14-15-16-17-18-19-20-21-22-23-28(2)32(37)41-27-33(24-38-29(3)34,25-39-30(4)35)26-40-31(5)36/h28H,6-27H2,1-5H3. The summed E-state index contributed by atoms with van der Waals surface area (Å²) in [5, 5.41) is 0. The van der Waals surface area contributed by atoms with Gasteiger partial charge in [0.2, 0.25) is 0 Å². The molecule has 0 aliphatic rings. The largest absolute Gasteiger partial charge is 0.465 e. The van der Waals surface area contributed by atoms with Crippen LogP contribution in [0.3, 0.4) is 0 Å². The van der Waals surface area contributed by atoms with E-state index in [1.54, 1.807) is 0 Å². The van der Waals surface area contributed by atoms with Gasteiger partial charge >= 0.3 is 23.9 Å². The fourth-order valence-corrected chi connectivity index (χ4v) is 4.67. The number of carbonyl (C=O) groups is 4. The van der Waals surface area contributed by atoms with Crippen molar-refractivity contribution in [3.05, 3.63) is 0 Å². The molecule has 8 nitrogen and oxygen atoms in total. The number of carbonyl (C=O) groups excluding carboxylic acids is 4. The van der Waals surface area contributed by atoms with Crippen LogP contribution < -0.4 is 0 Å². The lowest BCUT2D eigenvalue weighted by atomic mass is 9.92. The van der Waals surface area contributed by atoms with E-state index < -0.39 is 23.3 Å². The van der Waals surface area contributed by atoms with Gasteiger partial charge < -0.3 is 18.9 Å². The summed E-state index contributed by atoms with van der Waals surface area (Å²) in [6.45, 7) is 6.98. The van der Waals surface area contributed by atoms with Crippen LogP contribution in [0.5, 0.6) is 0 Å². The van der Waals surface area contributed by atoms with Gasteiger partial charge in [-0.05, 0) is 6.42 Å². The fraction of sp³-hybridized carbons (Fsp3) is 0.879. The Labute approximate surface area is 250 Å². The number of esters is 4. The smallest absolute Gasteiger partial charge is 0.308 e. The maximum absolute atomic E-state index is 12.7. The first-order valence-electron chi connectivity index (χ1n) is 16.2. The van der Waals surface area contributed by atoms with Gasteiger partial charge in [0.05, 0.1) is 5.92 Å². The Bertz CT molecular complexity index is 660. The van der Waals surface area contributed by atoms with Crippen molar-refractivity contribution in [1.29, 1.82) is 0 Å². The van der Waals surface area contributed by atoms with E-state index in [-0.39, 0.29) is 38.3 Å². The molecule has 0 spiro atoms. The molecule has 0 saturated carbocycles. The third kappa shape index (κ3) is 24.2. The second kappa shape index (κ2) is 25.6. The summed E-state index contributed by atoms with van der Waals surface area (Å²) < 4.78 is 20.9. The third-order valence-electron chi connectivity index (χ3n) is 7.41. The SMILES string of the molecule is CCCCCCCCCCCCCCCCCCCC(C)C(=O)OCC(COC(C)=O)(COC(C)=O)COC(C)=O. The van der Waals surface area contributed by atoms with E-state index >= 15 is 0 Å². The zero-order valence-corrected chi connectivity index (χ0v) is 26.9. The molecule has 0 bridgehead atoms. The van der Waals surface area contributed by atoms with Crippen LogP contribution in [-0.2, 0) is 38.1 Å². The molecule has 1 atom stereocenters. The lowest BCUT2D eigenvalue weighted by Gasteiger charge is -2.31. The van der Waals surface area contributed by atoms with Crippen molar-refractivity contribution in [2.75, 3.05) is 26.4 Å². The Morgan fingerprint density at radius 3 is 1.10 bits per heavy atom. The van der Waals surface area contributed by atoms with E-state index in [2.05, 4.69) is 6.92 Å². The van der Waals surface area contributed by atoms with Crippen molar-refractivity contribution < 1.29 is 38.1 Å². The number of hydrogen-bond donors (Lipinski definition) is 0. The molecule has 0 heterocycles. The van der Waals surface area contributed by atoms with Crippen LogP contribution in [-0.4, -0.2) is 50.3 Å². The van der Waals surface area contributed by atoms with E-state index in [4.69, 9.17) is 18.9 Å². The number of ether oxygens (including phenoxy) is 4. The highest BCUT2D eigenvalue weighted by Crippen LogP contribution is 2.23. The zero-order chi connectivity index (χ0) is 30.8. The lowest BCUT2D eigenvalue weighted by molar-refractivity contribution is -0.170. The molecule has 41 heavy (non-hydrogen) atoms. The zero-order valence-electron chi connectivity index (χ0n) is 26.9. The molecule has 8 heteroatoms. The minimum absolute atomic E-state index is 0.205. The molecular formula is C33H60O8. The first-order valence-corrected chi connectivity index (χ1v) is 16.2. The number of unbranched alkanes of at least 4 members (excludes halogenated alkanes) is 16. The summed E-state index contributed by atoms with van der Waals surface area (Å²) in [6.07, 6.45) is 23.0. The summed E-state index contributed by atoms with van der Waals surface area (Å²) in [5.74, 6) is -2.30. The maximum Gasteiger partial charge on any atom is 0.308 e. The van der Waals surface area contributed by atoms with Gasteiger partial charge in [-0.15, -0.1) is 0 Å². The van der Waals surface area contributed by atoms with Crippen molar-refractivity contribution in [2.45, 2.75) is 150 Å². The summed E-state index contributed by atoms with van der Waals surface area (Å²) in [4.78, 5) is 46.9. The summed E-state index contributed by atoms with van der Waals surface area (Å²) >= 11 is 0. The Hall–Kier alpha value is -2.12. The van der Waals surface area contributed by atoms with Crippen molar-refractivity contribution in [3.63, 3.8) is 0 Å². The van der Waals surface area contributed by atoms with E-state index in [1.807, 2.05) is 6.92 Å². The molecule has 0 aromatic rings. The summed E-state index contributed by atoms with van der Waals surface area (Å²) in [6, 6.07) is 0. The normalized spacial score (nSPS) is 12.0. The van der Waals surface area contributed by atoms with E-state index in [9.17, 15) is 19.2 Å². The highest BCUT2D eigenvalue weighted by Gasteiger charge is 2.37. The van der Waals surface area contributed by atoms with E-state index in [0.29, 0.717) is 0 Å². The van der Waals surface area contributed by atoms with Crippen molar-refractivity contribution in [1.82, 2.24) is 0 Å². The quantitative estimate of drug-likeness (QED) is 0.0545. The molecule has 0 saturated heterocycles. The Balaban J connectivity index is 4.12. The monoisotopic (exact) mass is 584 g/mol. The predicted octanol–water partition coefficient (Wildman–Crippen LogP) is 7.88.